The second kappa shape index (κ2) is 8.13. The van der Waals surface area contributed by atoms with Crippen molar-refractivity contribution in [1.29, 1.82) is 0 Å². The summed E-state index contributed by atoms with van der Waals surface area (Å²) in [6, 6.07) is 14.9. The van der Waals surface area contributed by atoms with Crippen LogP contribution in [0.25, 0.3) is 0 Å². The number of hydrogen-bond acceptors (Lipinski definition) is 4. The highest BCUT2D eigenvalue weighted by Crippen LogP contribution is 2.33. The first kappa shape index (κ1) is 19.9. The Bertz CT molecular complexity index is 861. The summed E-state index contributed by atoms with van der Waals surface area (Å²) in [5, 5.41) is 0. The monoisotopic (exact) mass is 397 g/mol. The molecular weight excluding hydrogens is 369 g/mol. The van der Waals surface area contributed by atoms with E-state index >= 15 is 0 Å². The first-order chi connectivity index (χ1) is 13.9. The molecule has 1 spiro atoms. The molecule has 0 aromatic heterocycles. The van der Waals surface area contributed by atoms with Gasteiger partial charge < -0.3 is 14.5 Å². The average molecular weight is 397 g/mol. The number of nitrogens with zero attached hydrogens (tertiary/aromatic N) is 3. The first-order valence-electron chi connectivity index (χ1n) is 10.1. The summed E-state index contributed by atoms with van der Waals surface area (Å²) >= 11 is 0. The minimum Gasteiger partial charge on any atom is -0.378 e. The molecule has 154 valence electrons. The van der Waals surface area contributed by atoms with Crippen molar-refractivity contribution in [2.75, 3.05) is 50.1 Å². The van der Waals surface area contributed by atoms with E-state index in [1.54, 1.807) is 17.0 Å². The highest BCUT2D eigenvalue weighted by Gasteiger charge is 2.42. The maximum absolute atomic E-state index is 13.6. The average Bonchev–Trinajstić information content (AvgIpc) is 2.72. The molecule has 0 aliphatic carbocycles. The molecule has 2 aromatic rings. The fourth-order valence-electron chi connectivity index (χ4n) is 4.17. The summed E-state index contributed by atoms with van der Waals surface area (Å²) in [7, 11) is 4.09. The molecule has 2 heterocycles. The highest BCUT2D eigenvalue weighted by molar-refractivity contribution is 5.95. The minimum absolute atomic E-state index is 0.0580. The van der Waals surface area contributed by atoms with Gasteiger partial charge in [0.1, 0.15) is 12.4 Å². The second-order valence-electron chi connectivity index (χ2n) is 8.27. The van der Waals surface area contributed by atoms with Gasteiger partial charge in [0.25, 0.3) is 5.91 Å². The largest absolute Gasteiger partial charge is 0.378 e. The van der Waals surface area contributed by atoms with Crippen molar-refractivity contribution in [2.45, 2.75) is 25.0 Å². The molecule has 4 rings (SSSR count). The van der Waals surface area contributed by atoms with Crippen LogP contribution in [0, 0.1) is 5.82 Å². The molecule has 0 bridgehead atoms. The molecule has 5 nitrogen and oxygen atoms in total. The Kier molecular flexibility index (Phi) is 5.56. The minimum atomic E-state index is -0.342. The van der Waals surface area contributed by atoms with Gasteiger partial charge in [0, 0.05) is 45.1 Å². The van der Waals surface area contributed by atoms with E-state index in [-0.39, 0.29) is 23.9 Å². The topological polar surface area (TPSA) is 36.0 Å². The Morgan fingerprint density at radius 1 is 1.10 bits per heavy atom. The summed E-state index contributed by atoms with van der Waals surface area (Å²) in [5.74, 6) is -0.435. The number of halogens is 1. The summed E-state index contributed by atoms with van der Waals surface area (Å²) in [4.78, 5) is 18.6. The van der Waals surface area contributed by atoms with Crippen LogP contribution in [0.1, 0.15) is 18.4 Å². The van der Waals surface area contributed by atoms with E-state index in [0.717, 1.165) is 32.5 Å². The van der Waals surface area contributed by atoms with Crippen LogP contribution in [-0.4, -0.2) is 56.7 Å². The van der Waals surface area contributed by atoms with Crippen molar-refractivity contribution in [1.82, 2.24) is 4.90 Å². The number of carbonyl (C=O) groups is 1. The van der Waals surface area contributed by atoms with Gasteiger partial charge in [-0.3, -0.25) is 9.69 Å². The van der Waals surface area contributed by atoms with Crippen molar-refractivity contribution in [3.8, 4) is 0 Å². The van der Waals surface area contributed by atoms with Crippen molar-refractivity contribution < 1.29 is 13.9 Å². The highest BCUT2D eigenvalue weighted by atomic mass is 19.1. The molecule has 2 aliphatic rings. The quantitative estimate of drug-likeness (QED) is 0.793. The van der Waals surface area contributed by atoms with Crippen LogP contribution in [0.4, 0.5) is 15.8 Å². The molecular formula is C23H28FN3O2. The number of ether oxygens (including phenoxy) is 1. The molecule has 6 heteroatoms. The van der Waals surface area contributed by atoms with Gasteiger partial charge in [-0.1, -0.05) is 18.2 Å². The lowest BCUT2D eigenvalue weighted by atomic mass is 9.88. The first-order valence-corrected chi connectivity index (χ1v) is 10.1. The lowest BCUT2D eigenvalue weighted by Gasteiger charge is -2.47. The van der Waals surface area contributed by atoms with Gasteiger partial charge in [-0.25, -0.2) is 4.39 Å². The molecule has 0 N–H and O–H groups in total. The smallest absolute Gasteiger partial charge is 0.253 e. The number of amides is 1. The van der Waals surface area contributed by atoms with Crippen LogP contribution in [0.5, 0.6) is 0 Å². The van der Waals surface area contributed by atoms with Crippen molar-refractivity contribution in [3.05, 3.63) is 59.9 Å². The predicted octanol–water partition coefficient (Wildman–Crippen LogP) is 3.29. The third-order valence-corrected chi connectivity index (χ3v) is 6.00. The summed E-state index contributed by atoms with van der Waals surface area (Å²) in [6.45, 7) is 3.29. The predicted molar refractivity (Wildman–Crippen MR) is 113 cm³/mol. The number of piperidine rings is 1. The Labute approximate surface area is 171 Å². The Morgan fingerprint density at radius 3 is 2.48 bits per heavy atom. The molecule has 0 atom stereocenters. The SMILES string of the molecule is CN(C)c1ccc(CN2CCC3(CC2)CN(c2cccc(F)c2)C(=O)CO3)cc1. The number of rotatable bonds is 4. The molecule has 2 fully saturated rings. The Hall–Kier alpha value is -2.44. The molecule has 2 aliphatic heterocycles. The van der Waals surface area contributed by atoms with Crippen molar-refractivity contribution >= 4 is 17.3 Å². The number of morpholine rings is 1. The number of hydrogen-bond donors (Lipinski definition) is 0. The van der Waals surface area contributed by atoms with Crippen LogP contribution in [0.2, 0.25) is 0 Å². The number of anilines is 2. The zero-order valence-electron chi connectivity index (χ0n) is 17.1. The molecule has 0 radical (unpaired) electrons. The lowest BCUT2D eigenvalue weighted by molar-refractivity contribution is -0.144. The van der Waals surface area contributed by atoms with Gasteiger partial charge in [0.05, 0.1) is 12.1 Å². The maximum Gasteiger partial charge on any atom is 0.253 e. The molecule has 2 aromatic carbocycles. The van der Waals surface area contributed by atoms with Gasteiger partial charge in [0.2, 0.25) is 0 Å². The lowest BCUT2D eigenvalue weighted by Crippen LogP contribution is -2.58. The van der Waals surface area contributed by atoms with Crippen molar-refractivity contribution in [3.63, 3.8) is 0 Å². The van der Waals surface area contributed by atoms with E-state index in [2.05, 4.69) is 34.1 Å². The molecule has 29 heavy (non-hydrogen) atoms. The second-order valence-corrected chi connectivity index (χ2v) is 8.27. The number of benzene rings is 2. The van der Waals surface area contributed by atoms with Gasteiger partial charge in [-0.2, -0.15) is 0 Å². The van der Waals surface area contributed by atoms with Gasteiger partial charge >= 0.3 is 0 Å². The normalized spacial score (nSPS) is 19.6. The van der Waals surface area contributed by atoms with Crippen LogP contribution < -0.4 is 9.80 Å². The van der Waals surface area contributed by atoms with Gasteiger partial charge in [-0.15, -0.1) is 0 Å². The zero-order chi connectivity index (χ0) is 20.4. The maximum atomic E-state index is 13.6. The third-order valence-electron chi connectivity index (χ3n) is 6.00. The van der Waals surface area contributed by atoms with E-state index in [0.29, 0.717) is 12.2 Å². The third kappa shape index (κ3) is 4.43. The van der Waals surface area contributed by atoms with Crippen LogP contribution in [0.3, 0.4) is 0 Å². The van der Waals surface area contributed by atoms with E-state index in [9.17, 15) is 9.18 Å². The van der Waals surface area contributed by atoms with E-state index < -0.39 is 0 Å². The fraction of sp³-hybridized carbons (Fsp3) is 0.435. The number of likely N-dealkylation sites (tertiary alicyclic amines) is 1. The van der Waals surface area contributed by atoms with E-state index in [1.165, 1.54) is 23.4 Å². The molecule has 0 unspecified atom stereocenters. The summed E-state index contributed by atoms with van der Waals surface area (Å²) < 4.78 is 19.7. The fourth-order valence-corrected chi connectivity index (χ4v) is 4.17. The van der Waals surface area contributed by atoms with Crippen LogP contribution in [-0.2, 0) is 16.1 Å². The summed E-state index contributed by atoms with van der Waals surface area (Å²) in [5.41, 5.74) is 2.77. The molecule has 2 saturated heterocycles. The van der Waals surface area contributed by atoms with Crippen molar-refractivity contribution in [2.24, 2.45) is 0 Å². The standard InChI is InChI=1S/C23H28FN3O2/c1-25(2)20-8-6-18(7-9-20)15-26-12-10-23(11-13-26)17-27(22(28)16-29-23)21-5-3-4-19(24)14-21/h3-9,14H,10-13,15-17H2,1-2H3. The van der Waals surface area contributed by atoms with E-state index in [1.807, 2.05) is 14.1 Å². The molecule has 0 saturated carbocycles. The van der Waals surface area contributed by atoms with Gasteiger partial charge in [-0.05, 0) is 48.7 Å². The van der Waals surface area contributed by atoms with Gasteiger partial charge in [0.15, 0.2) is 0 Å². The zero-order valence-corrected chi connectivity index (χ0v) is 17.1. The van der Waals surface area contributed by atoms with Crippen LogP contribution >= 0.6 is 0 Å². The Morgan fingerprint density at radius 2 is 1.83 bits per heavy atom. The Balaban J connectivity index is 1.38. The molecule has 1 amide bonds. The number of carbonyl (C=O) groups excluding carboxylic acids is 1. The summed E-state index contributed by atoms with van der Waals surface area (Å²) in [6.07, 6.45) is 1.73. The van der Waals surface area contributed by atoms with Crippen LogP contribution in [0.15, 0.2) is 48.5 Å². The van der Waals surface area contributed by atoms with E-state index in [4.69, 9.17) is 4.74 Å².